The van der Waals surface area contributed by atoms with Crippen molar-refractivity contribution in [1.29, 1.82) is 0 Å². The van der Waals surface area contributed by atoms with Crippen molar-refractivity contribution >= 4 is 11.3 Å². The van der Waals surface area contributed by atoms with Crippen molar-refractivity contribution in [3.63, 3.8) is 0 Å². The highest BCUT2D eigenvalue weighted by Gasteiger charge is 2.26. The Hall–Kier alpha value is -0.340. The van der Waals surface area contributed by atoms with Crippen LogP contribution in [0.5, 0.6) is 0 Å². The molecule has 0 aromatic carbocycles. The van der Waals surface area contributed by atoms with E-state index in [1.807, 2.05) is 11.3 Å². The summed E-state index contributed by atoms with van der Waals surface area (Å²) < 4.78 is 0. The van der Waals surface area contributed by atoms with Crippen LogP contribution in [0.3, 0.4) is 0 Å². The van der Waals surface area contributed by atoms with Gasteiger partial charge in [0.1, 0.15) is 0 Å². The van der Waals surface area contributed by atoms with Gasteiger partial charge in [0.15, 0.2) is 0 Å². The third kappa shape index (κ3) is 2.82. The number of nitrogens with one attached hydrogen (secondary N) is 1. The van der Waals surface area contributed by atoms with Crippen LogP contribution >= 0.6 is 11.3 Å². The van der Waals surface area contributed by atoms with E-state index < -0.39 is 0 Å². The van der Waals surface area contributed by atoms with Crippen LogP contribution in [0, 0.1) is 5.92 Å². The second-order valence-electron chi connectivity index (χ2n) is 4.20. The molecule has 1 aromatic rings. The first kappa shape index (κ1) is 10.2. The molecule has 2 heteroatoms. The van der Waals surface area contributed by atoms with Crippen LogP contribution < -0.4 is 5.32 Å². The Morgan fingerprint density at radius 1 is 1.57 bits per heavy atom. The van der Waals surface area contributed by atoms with Gasteiger partial charge in [-0.3, -0.25) is 0 Å². The second-order valence-corrected chi connectivity index (χ2v) is 5.18. The van der Waals surface area contributed by atoms with Gasteiger partial charge in [-0.25, -0.2) is 0 Å². The Morgan fingerprint density at radius 3 is 3.00 bits per heavy atom. The Bertz CT molecular complexity index is 251. The summed E-state index contributed by atoms with van der Waals surface area (Å²) in [7, 11) is 0. The first-order valence-corrected chi connectivity index (χ1v) is 6.55. The van der Waals surface area contributed by atoms with Gasteiger partial charge >= 0.3 is 0 Å². The van der Waals surface area contributed by atoms with Crippen LogP contribution in [0.2, 0.25) is 0 Å². The van der Waals surface area contributed by atoms with Crippen LogP contribution in [0.1, 0.15) is 43.5 Å². The molecule has 0 amide bonds. The molecule has 1 unspecified atom stereocenters. The fourth-order valence-electron chi connectivity index (χ4n) is 1.80. The lowest BCUT2D eigenvalue weighted by Gasteiger charge is -2.16. The average molecular weight is 209 g/mol. The number of rotatable bonds is 6. The summed E-state index contributed by atoms with van der Waals surface area (Å²) in [6, 6.07) is 5.05. The van der Waals surface area contributed by atoms with Gasteiger partial charge in [0.05, 0.1) is 0 Å². The van der Waals surface area contributed by atoms with Crippen molar-refractivity contribution in [3.05, 3.63) is 22.4 Å². The van der Waals surface area contributed by atoms with Crippen molar-refractivity contribution < 1.29 is 0 Å². The quantitative estimate of drug-likeness (QED) is 0.755. The number of thiophene rings is 1. The zero-order valence-corrected chi connectivity index (χ0v) is 9.65. The van der Waals surface area contributed by atoms with Gasteiger partial charge in [0.25, 0.3) is 0 Å². The highest BCUT2D eigenvalue weighted by Crippen LogP contribution is 2.38. The summed E-state index contributed by atoms with van der Waals surface area (Å²) in [4.78, 5) is 1.52. The molecular formula is C12H19NS. The summed E-state index contributed by atoms with van der Waals surface area (Å²) >= 11 is 1.89. The monoisotopic (exact) mass is 209 g/mol. The zero-order chi connectivity index (χ0) is 9.80. The van der Waals surface area contributed by atoms with Crippen molar-refractivity contribution in [2.45, 2.75) is 38.6 Å². The molecule has 1 nitrogen and oxygen atoms in total. The van der Waals surface area contributed by atoms with E-state index in [0.29, 0.717) is 6.04 Å². The summed E-state index contributed by atoms with van der Waals surface area (Å²) in [6.45, 7) is 3.38. The summed E-state index contributed by atoms with van der Waals surface area (Å²) in [5.41, 5.74) is 0. The molecule has 1 aliphatic rings. The Balaban J connectivity index is 1.90. The molecule has 1 aliphatic carbocycles. The normalized spacial score (nSPS) is 18.4. The van der Waals surface area contributed by atoms with E-state index >= 15 is 0 Å². The lowest BCUT2D eigenvalue weighted by Crippen LogP contribution is -2.21. The van der Waals surface area contributed by atoms with Crippen LogP contribution in [0.15, 0.2) is 17.5 Å². The van der Waals surface area contributed by atoms with E-state index in [-0.39, 0.29) is 0 Å². The molecule has 14 heavy (non-hydrogen) atoms. The van der Waals surface area contributed by atoms with Crippen molar-refractivity contribution in [2.75, 3.05) is 6.54 Å². The first-order chi connectivity index (χ1) is 6.90. The Kier molecular flexibility index (Phi) is 3.60. The second kappa shape index (κ2) is 4.94. The van der Waals surface area contributed by atoms with E-state index in [2.05, 4.69) is 29.8 Å². The van der Waals surface area contributed by atoms with Gasteiger partial charge in [-0.1, -0.05) is 25.8 Å². The van der Waals surface area contributed by atoms with E-state index in [1.165, 1.54) is 30.6 Å². The first-order valence-electron chi connectivity index (χ1n) is 5.67. The fraction of sp³-hybridized carbons (Fsp3) is 0.667. The third-order valence-electron chi connectivity index (χ3n) is 2.79. The molecule has 1 saturated carbocycles. The van der Waals surface area contributed by atoms with Crippen LogP contribution in [0.4, 0.5) is 0 Å². The molecule has 0 spiro atoms. The maximum Gasteiger partial charge on any atom is 0.0417 e. The fourth-order valence-corrected chi connectivity index (χ4v) is 2.61. The molecule has 1 N–H and O–H groups in total. The average Bonchev–Trinajstić information content (AvgIpc) is 2.84. The third-order valence-corrected chi connectivity index (χ3v) is 3.78. The molecule has 78 valence electrons. The van der Waals surface area contributed by atoms with Gasteiger partial charge in [-0.15, -0.1) is 11.3 Å². The number of hydrogen-bond donors (Lipinski definition) is 1. The van der Waals surface area contributed by atoms with E-state index in [4.69, 9.17) is 0 Å². The maximum absolute atomic E-state index is 3.65. The van der Waals surface area contributed by atoms with Crippen LogP contribution in [0.25, 0.3) is 0 Å². The molecule has 2 rings (SSSR count). The minimum absolute atomic E-state index is 0.627. The lowest BCUT2D eigenvalue weighted by molar-refractivity contribution is 0.480. The Morgan fingerprint density at radius 2 is 2.43 bits per heavy atom. The molecule has 0 saturated heterocycles. The Labute approximate surface area is 90.5 Å². The zero-order valence-electron chi connectivity index (χ0n) is 8.83. The highest BCUT2D eigenvalue weighted by molar-refractivity contribution is 7.10. The molecule has 1 fully saturated rings. The van der Waals surface area contributed by atoms with E-state index in [1.54, 1.807) is 0 Å². The van der Waals surface area contributed by atoms with Gasteiger partial charge < -0.3 is 5.32 Å². The maximum atomic E-state index is 3.65. The molecule has 1 aromatic heterocycles. The lowest BCUT2D eigenvalue weighted by atomic mass is 10.1. The molecule has 1 atom stereocenters. The SMILES string of the molecule is CCCNC(CC1CC1)c1cccs1. The molecule has 1 heterocycles. The molecule has 0 bridgehead atoms. The largest absolute Gasteiger partial charge is 0.309 e. The number of hydrogen-bond acceptors (Lipinski definition) is 2. The predicted molar refractivity (Wildman–Crippen MR) is 62.7 cm³/mol. The van der Waals surface area contributed by atoms with Gasteiger partial charge in [-0.05, 0) is 36.8 Å². The van der Waals surface area contributed by atoms with Crippen molar-refractivity contribution in [3.8, 4) is 0 Å². The standard InChI is InChI=1S/C12H19NS/c1-2-7-13-11(9-10-5-6-10)12-4-3-8-14-12/h3-4,8,10-11,13H,2,5-7,9H2,1H3. The summed E-state index contributed by atoms with van der Waals surface area (Å²) in [6.07, 6.45) is 5.48. The highest BCUT2D eigenvalue weighted by atomic mass is 32.1. The van der Waals surface area contributed by atoms with Crippen LogP contribution in [-0.4, -0.2) is 6.54 Å². The predicted octanol–water partition coefficient (Wildman–Crippen LogP) is 3.59. The van der Waals surface area contributed by atoms with Gasteiger partial charge in [-0.2, -0.15) is 0 Å². The minimum Gasteiger partial charge on any atom is -0.309 e. The summed E-state index contributed by atoms with van der Waals surface area (Å²) in [5.74, 6) is 1.01. The van der Waals surface area contributed by atoms with E-state index in [0.717, 1.165) is 12.5 Å². The van der Waals surface area contributed by atoms with Gasteiger partial charge in [0.2, 0.25) is 0 Å². The summed E-state index contributed by atoms with van der Waals surface area (Å²) in [5, 5.41) is 5.84. The topological polar surface area (TPSA) is 12.0 Å². The van der Waals surface area contributed by atoms with E-state index in [9.17, 15) is 0 Å². The smallest absolute Gasteiger partial charge is 0.0417 e. The minimum atomic E-state index is 0.627. The van der Waals surface area contributed by atoms with Crippen molar-refractivity contribution in [2.24, 2.45) is 5.92 Å². The molecular weight excluding hydrogens is 190 g/mol. The molecule has 0 aliphatic heterocycles. The van der Waals surface area contributed by atoms with Crippen LogP contribution in [-0.2, 0) is 0 Å². The molecule has 0 radical (unpaired) electrons. The van der Waals surface area contributed by atoms with Crippen molar-refractivity contribution in [1.82, 2.24) is 5.32 Å². The van der Waals surface area contributed by atoms with Gasteiger partial charge in [0, 0.05) is 10.9 Å².